The van der Waals surface area contributed by atoms with Crippen LogP contribution in [0.25, 0.3) is 11.1 Å². The van der Waals surface area contributed by atoms with Gasteiger partial charge in [-0.25, -0.2) is 4.79 Å². The van der Waals surface area contributed by atoms with Crippen LogP contribution in [0.4, 0.5) is 4.79 Å². The number of likely N-dealkylation sites (tertiary alicyclic amines) is 1. The number of piperidine rings is 1. The van der Waals surface area contributed by atoms with Gasteiger partial charge >= 0.3 is 6.09 Å². The molecule has 0 aliphatic carbocycles. The van der Waals surface area contributed by atoms with Crippen LogP contribution in [0.5, 0.6) is 0 Å². The number of carbonyl (C=O) groups excluding carboxylic acids is 1. The highest BCUT2D eigenvalue weighted by atomic mass is 16.6. The number of aromatic nitrogens is 1. The molecule has 27 heavy (non-hydrogen) atoms. The molecule has 3 rings (SSSR count). The first-order valence-corrected chi connectivity index (χ1v) is 9.56. The molecule has 0 saturated carbocycles. The van der Waals surface area contributed by atoms with Crippen molar-refractivity contribution in [3.8, 4) is 11.1 Å². The summed E-state index contributed by atoms with van der Waals surface area (Å²) < 4.78 is 7.25. The van der Waals surface area contributed by atoms with Gasteiger partial charge in [0, 0.05) is 31.4 Å². The molecule has 0 bridgehead atoms. The Morgan fingerprint density at radius 3 is 2.37 bits per heavy atom. The Hall–Kier alpha value is -2.56. The lowest BCUT2D eigenvalue weighted by atomic mass is 9.96. The molecule has 0 unspecified atom stereocenters. The second-order valence-electron chi connectivity index (χ2n) is 8.16. The SMILES string of the molecule is CC(C)(C)OC(=O)N1CCC(Cn2cccc(-c3ccccc3)c2=O)CC1. The first-order valence-electron chi connectivity index (χ1n) is 9.56. The van der Waals surface area contributed by atoms with E-state index in [2.05, 4.69) is 0 Å². The first kappa shape index (κ1) is 19.2. The normalized spacial score (nSPS) is 15.6. The molecule has 5 heteroatoms. The Balaban J connectivity index is 1.63. The van der Waals surface area contributed by atoms with E-state index in [0.717, 1.165) is 24.0 Å². The van der Waals surface area contributed by atoms with Gasteiger partial charge in [-0.1, -0.05) is 30.3 Å². The van der Waals surface area contributed by atoms with E-state index in [1.165, 1.54) is 0 Å². The van der Waals surface area contributed by atoms with E-state index in [9.17, 15) is 9.59 Å². The summed E-state index contributed by atoms with van der Waals surface area (Å²) in [7, 11) is 0. The third kappa shape index (κ3) is 5.00. The fourth-order valence-corrected chi connectivity index (χ4v) is 3.42. The zero-order valence-corrected chi connectivity index (χ0v) is 16.4. The van der Waals surface area contributed by atoms with Crippen LogP contribution in [0.2, 0.25) is 0 Å². The lowest BCUT2D eigenvalue weighted by molar-refractivity contribution is 0.0178. The van der Waals surface area contributed by atoms with Gasteiger partial charge in [0.15, 0.2) is 0 Å². The summed E-state index contributed by atoms with van der Waals surface area (Å²) in [6, 6.07) is 13.6. The molecule has 0 radical (unpaired) electrons. The van der Waals surface area contributed by atoms with Gasteiger partial charge in [-0.2, -0.15) is 0 Å². The maximum atomic E-state index is 12.9. The van der Waals surface area contributed by atoms with Gasteiger partial charge in [-0.15, -0.1) is 0 Å². The van der Waals surface area contributed by atoms with E-state index >= 15 is 0 Å². The van der Waals surface area contributed by atoms with E-state index < -0.39 is 5.60 Å². The summed E-state index contributed by atoms with van der Waals surface area (Å²) in [5.74, 6) is 0.382. The average Bonchev–Trinajstić information content (AvgIpc) is 2.63. The van der Waals surface area contributed by atoms with Gasteiger partial charge in [-0.05, 0) is 57.2 Å². The number of benzene rings is 1. The molecule has 1 aromatic heterocycles. The number of hydrogen-bond donors (Lipinski definition) is 0. The van der Waals surface area contributed by atoms with Crippen molar-refractivity contribution in [2.24, 2.45) is 5.92 Å². The topological polar surface area (TPSA) is 51.5 Å². The monoisotopic (exact) mass is 368 g/mol. The van der Waals surface area contributed by atoms with Crippen LogP contribution in [-0.4, -0.2) is 34.3 Å². The third-order valence-electron chi connectivity index (χ3n) is 4.83. The van der Waals surface area contributed by atoms with Gasteiger partial charge in [-0.3, -0.25) is 4.79 Å². The standard InChI is InChI=1S/C22H28N2O3/c1-22(2,3)27-21(26)23-14-11-17(12-15-23)16-24-13-7-10-19(20(24)25)18-8-5-4-6-9-18/h4-10,13,17H,11-12,14-16H2,1-3H3. The van der Waals surface area contributed by atoms with E-state index in [1.807, 2.05) is 69.4 Å². The van der Waals surface area contributed by atoms with Crippen molar-refractivity contribution in [3.63, 3.8) is 0 Å². The summed E-state index contributed by atoms with van der Waals surface area (Å²) in [5.41, 5.74) is 1.23. The minimum atomic E-state index is -0.473. The van der Waals surface area contributed by atoms with Gasteiger partial charge in [0.25, 0.3) is 5.56 Å². The maximum Gasteiger partial charge on any atom is 0.410 e. The molecule has 1 saturated heterocycles. The zero-order chi connectivity index (χ0) is 19.4. The maximum absolute atomic E-state index is 12.9. The lowest BCUT2D eigenvalue weighted by Crippen LogP contribution is -2.42. The van der Waals surface area contributed by atoms with E-state index in [1.54, 1.807) is 9.47 Å². The van der Waals surface area contributed by atoms with Gasteiger partial charge in [0.05, 0.1) is 0 Å². The Morgan fingerprint density at radius 2 is 1.74 bits per heavy atom. The summed E-state index contributed by atoms with van der Waals surface area (Å²) >= 11 is 0. The molecule has 1 aliphatic rings. The highest BCUT2D eigenvalue weighted by Crippen LogP contribution is 2.21. The number of hydrogen-bond acceptors (Lipinski definition) is 3. The van der Waals surface area contributed by atoms with Gasteiger partial charge in [0.1, 0.15) is 5.60 Å². The van der Waals surface area contributed by atoms with Crippen molar-refractivity contribution in [2.45, 2.75) is 45.8 Å². The summed E-state index contributed by atoms with van der Waals surface area (Å²) in [4.78, 5) is 26.8. The van der Waals surface area contributed by atoms with Crippen LogP contribution in [0.1, 0.15) is 33.6 Å². The highest BCUT2D eigenvalue weighted by Gasteiger charge is 2.27. The number of rotatable bonds is 3. The molecule has 2 heterocycles. The average molecular weight is 368 g/mol. The number of carbonyl (C=O) groups is 1. The molecule has 0 spiro atoms. The molecule has 5 nitrogen and oxygen atoms in total. The first-order chi connectivity index (χ1) is 12.8. The molecular formula is C22H28N2O3. The predicted octanol–water partition coefficient (Wildman–Crippen LogP) is 4.16. The van der Waals surface area contributed by atoms with Crippen molar-refractivity contribution in [1.82, 2.24) is 9.47 Å². The van der Waals surface area contributed by atoms with Crippen LogP contribution in [0.15, 0.2) is 53.5 Å². The predicted molar refractivity (Wildman–Crippen MR) is 107 cm³/mol. The fraction of sp³-hybridized carbons (Fsp3) is 0.455. The van der Waals surface area contributed by atoms with Crippen molar-refractivity contribution >= 4 is 6.09 Å². The number of ether oxygens (including phenoxy) is 1. The Bertz CT molecular complexity index is 829. The molecule has 144 valence electrons. The molecule has 1 aromatic carbocycles. The molecule has 2 aromatic rings. The highest BCUT2D eigenvalue weighted by molar-refractivity contribution is 5.68. The Morgan fingerprint density at radius 1 is 1.07 bits per heavy atom. The van der Waals surface area contributed by atoms with E-state index in [0.29, 0.717) is 25.6 Å². The second kappa shape index (κ2) is 7.99. The number of amides is 1. The Kier molecular flexibility index (Phi) is 5.68. The lowest BCUT2D eigenvalue weighted by Gasteiger charge is -2.33. The van der Waals surface area contributed by atoms with E-state index in [-0.39, 0.29) is 11.7 Å². The van der Waals surface area contributed by atoms with Gasteiger partial charge < -0.3 is 14.2 Å². The van der Waals surface area contributed by atoms with Crippen molar-refractivity contribution < 1.29 is 9.53 Å². The third-order valence-corrected chi connectivity index (χ3v) is 4.83. The van der Waals surface area contributed by atoms with Crippen molar-refractivity contribution in [2.75, 3.05) is 13.1 Å². The van der Waals surface area contributed by atoms with Crippen molar-refractivity contribution in [3.05, 3.63) is 59.0 Å². The smallest absolute Gasteiger partial charge is 0.410 e. The van der Waals surface area contributed by atoms with Crippen LogP contribution in [0.3, 0.4) is 0 Å². The summed E-state index contributed by atoms with van der Waals surface area (Å²) in [6.45, 7) is 7.67. The van der Waals surface area contributed by atoms with Crippen LogP contribution < -0.4 is 5.56 Å². The molecular weight excluding hydrogens is 340 g/mol. The van der Waals surface area contributed by atoms with Crippen LogP contribution in [-0.2, 0) is 11.3 Å². The minimum Gasteiger partial charge on any atom is -0.444 e. The van der Waals surface area contributed by atoms with Crippen molar-refractivity contribution in [1.29, 1.82) is 0 Å². The fourth-order valence-electron chi connectivity index (χ4n) is 3.42. The molecule has 1 fully saturated rings. The molecule has 1 amide bonds. The van der Waals surface area contributed by atoms with Crippen LogP contribution >= 0.6 is 0 Å². The second-order valence-corrected chi connectivity index (χ2v) is 8.16. The van der Waals surface area contributed by atoms with Gasteiger partial charge in [0.2, 0.25) is 0 Å². The molecule has 1 aliphatic heterocycles. The molecule has 0 atom stereocenters. The summed E-state index contributed by atoms with van der Waals surface area (Å²) in [5, 5.41) is 0. The summed E-state index contributed by atoms with van der Waals surface area (Å²) in [6.07, 6.45) is 3.36. The zero-order valence-electron chi connectivity index (χ0n) is 16.4. The van der Waals surface area contributed by atoms with E-state index in [4.69, 9.17) is 4.74 Å². The minimum absolute atomic E-state index is 0.0401. The largest absolute Gasteiger partial charge is 0.444 e. The number of pyridine rings is 1. The quantitative estimate of drug-likeness (QED) is 0.817. The Labute approximate surface area is 160 Å². The molecule has 0 N–H and O–H groups in total. The van der Waals surface area contributed by atoms with Crippen LogP contribution in [0, 0.1) is 5.92 Å². The number of nitrogens with zero attached hydrogens (tertiary/aromatic N) is 2.